The zero-order valence-corrected chi connectivity index (χ0v) is 17.3. The monoisotopic (exact) mass is 404 g/mol. The normalized spacial score (nSPS) is 19.4. The lowest BCUT2D eigenvalue weighted by molar-refractivity contribution is 0.102. The van der Waals surface area contributed by atoms with E-state index in [1.807, 2.05) is 25.1 Å². The van der Waals surface area contributed by atoms with Crippen LogP contribution in [-0.2, 0) is 20.6 Å². The van der Waals surface area contributed by atoms with Crippen LogP contribution in [0.1, 0.15) is 16.7 Å². The van der Waals surface area contributed by atoms with Gasteiger partial charge >= 0.3 is 0 Å². The Balaban J connectivity index is 0.000000114. The molecule has 0 radical (unpaired) electrons. The van der Waals surface area contributed by atoms with Gasteiger partial charge in [0.25, 0.3) is 0 Å². The summed E-state index contributed by atoms with van der Waals surface area (Å²) < 4.78 is 15.1. The molecule has 3 aromatic carbocycles. The molecule has 0 saturated carbocycles. The van der Waals surface area contributed by atoms with E-state index in [1.165, 1.54) is 22.3 Å². The Morgan fingerprint density at radius 2 is 1.23 bits per heavy atom. The van der Waals surface area contributed by atoms with Gasteiger partial charge in [-0.3, -0.25) is 0 Å². The molecule has 6 rings (SSSR count). The number of hydrogen-bond acceptors (Lipinski definition) is 4. The van der Waals surface area contributed by atoms with Crippen LogP contribution in [0.2, 0.25) is 0 Å². The highest BCUT2D eigenvalue weighted by molar-refractivity contribution is 5.76. The number of phenols is 1. The molecule has 4 nitrogen and oxygen atoms in total. The van der Waals surface area contributed by atoms with Gasteiger partial charge in [-0.25, -0.2) is 0 Å². The molecule has 0 spiro atoms. The molecule has 1 N–H and O–H groups in total. The Hall–Kier alpha value is -2.66. The molecular weight excluding hydrogens is 376 g/mol. The molecular formula is C26H28O4. The lowest BCUT2D eigenvalue weighted by Gasteiger charge is -1.98. The van der Waals surface area contributed by atoms with Gasteiger partial charge in [0.1, 0.15) is 18.0 Å². The standard InChI is InChI=1S/C13H10.C7H8O.C6H10O3/c1-3-7-12-10(5-1)9-11-6-2-4-8-13(11)12;1-6-4-2-3-5-7(6)8;1(5-3-8-5)7-2-6-4-9-6/h1-8H,9H2;2-5,8H,1H3;5-6H,1-4H2. The Kier molecular flexibility index (Phi) is 6.80. The molecule has 3 aliphatic rings. The second kappa shape index (κ2) is 9.90. The van der Waals surface area contributed by atoms with Crippen LogP contribution < -0.4 is 0 Å². The first-order valence-electron chi connectivity index (χ1n) is 10.4. The molecule has 0 aromatic heterocycles. The van der Waals surface area contributed by atoms with Crippen molar-refractivity contribution in [2.45, 2.75) is 25.6 Å². The summed E-state index contributed by atoms with van der Waals surface area (Å²) in [4.78, 5) is 0. The second-order valence-corrected chi connectivity index (χ2v) is 7.73. The van der Waals surface area contributed by atoms with E-state index in [4.69, 9.17) is 19.3 Å². The first-order valence-corrected chi connectivity index (χ1v) is 10.4. The highest BCUT2D eigenvalue weighted by atomic mass is 16.6. The molecule has 2 fully saturated rings. The van der Waals surface area contributed by atoms with E-state index < -0.39 is 0 Å². The van der Waals surface area contributed by atoms with E-state index in [1.54, 1.807) is 6.07 Å². The van der Waals surface area contributed by atoms with Crippen molar-refractivity contribution < 1.29 is 19.3 Å². The lowest BCUT2D eigenvalue weighted by atomic mass is 10.1. The van der Waals surface area contributed by atoms with Crippen molar-refractivity contribution in [3.63, 3.8) is 0 Å². The molecule has 2 atom stereocenters. The van der Waals surface area contributed by atoms with Gasteiger partial charge < -0.3 is 19.3 Å². The van der Waals surface area contributed by atoms with Gasteiger partial charge in [0.2, 0.25) is 0 Å². The average Bonchev–Trinajstić information content (AvgIpc) is 3.70. The number of epoxide rings is 2. The number of para-hydroxylation sites is 1. The Labute approximate surface area is 178 Å². The van der Waals surface area contributed by atoms with Crippen molar-refractivity contribution in [1.82, 2.24) is 0 Å². The fourth-order valence-corrected chi connectivity index (χ4v) is 3.30. The van der Waals surface area contributed by atoms with Gasteiger partial charge in [0, 0.05) is 0 Å². The van der Waals surface area contributed by atoms with E-state index in [2.05, 4.69) is 48.5 Å². The highest BCUT2D eigenvalue weighted by Crippen LogP contribution is 2.35. The van der Waals surface area contributed by atoms with Crippen molar-refractivity contribution in [2.24, 2.45) is 0 Å². The van der Waals surface area contributed by atoms with Crippen LogP contribution >= 0.6 is 0 Å². The zero-order chi connectivity index (χ0) is 20.8. The van der Waals surface area contributed by atoms with Gasteiger partial charge in [-0.1, -0.05) is 66.7 Å². The van der Waals surface area contributed by atoms with Crippen molar-refractivity contribution in [1.29, 1.82) is 0 Å². The third-order valence-electron chi connectivity index (χ3n) is 5.23. The van der Waals surface area contributed by atoms with Gasteiger partial charge in [0.15, 0.2) is 0 Å². The highest BCUT2D eigenvalue weighted by Gasteiger charge is 2.26. The van der Waals surface area contributed by atoms with Crippen molar-refractivity contribution in [2.75, 3.05) is 26.4 Å². The smallest absolute Gasteiger partial charge is 0.118 e. The molecule has 1 aliphatic carbocycles. The molecule has 0 bridgehead atoms. The average molecular weight is 405 g/mol. The van der Waals surface area contributed by atoms with Gasteiger partial charge in [-0.15, -0.1) is 0 Å². The minimum absolute atomic E-state index is 0.368. The lowest BCUT2D eigenvalue weighted by Crippen LogP contribution is -2.06. The number of aromatic hydroxyl groups is 1. The maximum Gasteiger partial charge on any atom is 0.118 e. The van der Waals surface area contributed by atoms with Gasteiger partial charge in [-0.2, -0.15) is 0 Å². The molecule has 2 aliphatic heterocycles. The maximum atomic E-state index is 8.92. The Bertz CT molecular complexity index is 884. The third kappa shape index (κ3) is 5.92. The largest absolute Gasteiger partial charge is 0.508 e. The summed E-state index contributed by atoms with van der Waals surface area (Å²) in [5.41, 5.74) is 6.68. The molecule has 4 heteroatoms. The fraction of sp³-hybridized carbons (Fsp3) is 0.308. The van der Waals surface area contributed by atoms with Crippen LogP contribution in [0, 0.1) is 6.92 Å². The summed E-state index contributed by atoms with van der Waals surface area (Å²) in [6, 6.07) is 24.6. The van der Waals surface area contributed by atoms with Crippen molar-refractivity contribution in [3.05, 3.63) is 89.5 Å². The van der Waals surface area contributed by atoms with Gasteiger partial charge in [-0.05, 0) is 47.2 Å². The number of rotatable bonds is 4. The predicted molar refractivity (Wildman–Crippen MR) is 118 cm³/mol. The number of fused-ring (bicyclic) bond motifs is 3. The summed E-state index contributed by atoms with van der Waals surface area (Å²) in [5, 5.41) is 8.92. The summed E-state index contributed by atoms with van der Waals surface area (Å²) in [7, 11) is 0. The topological polar surface area (TPSA) is 54.5 Å². The van der Waals surface area contributed by atoms with E-state index in [9.17, 15) is 0 Å². The Morgan fingerprint density at radius 1 is 0.767 bits per heavy atom. The number of ether oxygens (including phenoxy) is 3. The quantitative estimate of drug-likeness (QED) is 0.498. The number of benzene rings is 3. The fourth-order valence-electron chi connectivity index (χ4n) is 3.30. The van der Waals surface area contributed by atoms with Crippen molar-refractivity contribution in [3.8, 4) is 16.9 Å². The summed E-state index contributed by atoms with van der Waals surface area (Å²) in [5.74, 6) is 0.368. The van der Waals surface area contributed by atoms with E-state index in [0.29, 0.717) is 18.0 Å². The first-order chi connectivity index (χ1) is 14.7. The molecule has 2 heterocycles. The first kappa shape index (κ1) is 20.6. The summed E-state index contributed by atoms with van der Waals surface area (Å²) >= 11 is 0. The molecule has 30 heavy (non-hydrogen) atoms. The minimum Gasteiger partial charge on any atom is -0.508 e. The van der Waals surface area contributed by atoms with Crippen LogP contribution in [0.4, 0.5) is 0 Å². The molecule has 3 aromatic rings. The van der Waals surface area contributed by atoms with Crippen LogP contribution in [-0.4, -0.2) is 43.7 Å². The molecule has 0 amide bonds. The number of phenolic OH excluding ortho intramolecular Hbond substituents is 1. The van der Waals surface area contributed by atoms with Crippen LogP contribution in [0.15, 0.2) is 72.8 Å². The van der Waals surface area contributed by atoms with Crippen LogP contribution in [0.5, 0.6) is 5.75 Å². The molecule has 2 unspecified atom stereocenters. The van der Waals surface area contributed by atoms with E-state index >= 15 is 0 Å². The van der Waals surface area contributed by atoms with E-state index in [-0.39, 0.29) is 0 Å². The van der Waals surface area contributed by atoms with Crippen LogP contribution in [0.3, 0.4) is 0 Å². The molecule has 2 saturated heterocycles. The predicted octanol–water partition coefficient (Wildman–Crippen LogP) is 4.76. The number of hydrogen-bond donors (Lipinski definition) is 1. The molecule has 156 valence electrons. The van der Waals surface area contributed by atoms with Gasteiger partial charge in [0.05, 0.1) is 26.4 Å². The summed E-state index contributed by atoms with van der Waals surface area (Å²) in [6.45, 7) is 5.13. The van der Waals surface area contributed by atoms with Crippen LogP contribution in [0.25, 0.3) is 11.1 Å². The minimum atomic E-state index is 0.368. The SMILES string of the molecule is C(OCC1CO1)C1CO1.Cc1ccccc1O.c1ccc2c(c1)Cc1ccccc1-2. The third-order valence-corrected chi connectivity index (χ3v) is 5.23. The maximum absolute atomic E-state index is 8.92. The van der Waals surface area contributed by atoms with E-state index in [0.717, 1.165) is 38.4 Å². The summed E-state index contributed by atoms with van der Waals surface area (Å²) in [6.07, 6.45) is 1.89. The number of aryl methyl sites for hydroxylation is 1. The second-order valence-electron chi connectivity index (χ2n) is 7.73. The zero-order valence-electron chi connectivity index (χ0n) is 17.3. The van der Waals surface area contributed by atoms with Crippen molar-refractivity contribution >= 4 is 0 Å². The Morgan fingerprint density at radius 3 is 1.67 bits per heavy atom.